The number of nitrogens with one attached hydrogen (secondary N) is 1. The van der Waals surface area contributed by atoms with E-state index in [1.54, 1.807) is 6.92 Å². The van der Waals surface area contributed by atoms with Crippen molar-refractivity contribution in [1.82, 2.24) is 5.32 Å². The van der Waals surface area contributed by atoms with Gasteiger partial charge >= 0.3 is 5.97 Å². The van der Waals surface area contributed by atoms with Crippen LogP contribution in [0.15, 0.2) is 0 Å². The van der Waals surface area contributed by atoms with Gasteiger partial charge in [-0.3, -0.25) is 4.79 Å². The molecule has 3 N–H and O–H groups in total. The van der Waals surface area contributed by atoms with Gasteiger partial charge < -0.3 is 15.5 Å². The van der Waals surface area contributed by atoms with Gasteiger partial charge in [0.25, 0.3) is 0 Å². The molecule has 4 heteroatoms. The molecule has 1 rings (SSSR count). The van der Waals surface area contributed by atoms with Crippen LogP contribution in [-0.4, -0.2) is 34.4 Å². The van der Waals surface area contributed by atoms with E-state index in [9.17, 15) is 9.90 Å². The van der Waals surface area contributed by atoms with Gasteiger partial charge in [-0.15, -0.1) is 0 Å². The molecule has 2 atom stereocenters. The summed E-state index contributed by atoms with van der Waals surface area (Å²) in [5.74, 6) is -1.22. The predicted molar refractivity (Wildman–Crippen MR) is 53.1 cm³/mol. The van der Waals surface area contributed by atoms with E-state index in [4.69, 9.17) is 5.11 Å². The Morgan fingerprint density at radius 2 is 2.07 bits per heavy atom. The first-order valence-corrected chi connectivity index (χ1v) is 5.13. The zero-order valence-corrected chi connectivity index (χ0v) is 8.79. The summed E-state index contributed by atoms with van der Waals surface area (Å²) in [5, 5.41) is 21.6. The van der Waals surface area contributed by atoms with Gasteiger partial charge in [0.05, 0.1) is 11.5 Å². The largest absolute Gasteiger partial charge is 0.481 e. The van der Waals surface area contributed by atoms with Gasteiger partial charge in [-0.2, -0.15) is 0 Å². The second-order valence-electron chi connectivity index (χ2n) is 4.37. The molecule has 4 nitrogen and oxygen atoms in total. The number of aliphatic hydroxyl groups is 1. The van der Waals surface area contributed by atoms with E-state index in [1.165, 1.54) is 0 Å². The van der Waals surface area contributed by atoms with Crippen LogP contribution in [0.1, 0.15) is 33.1 Å². The summed E-state index contributed by atoms with van der Waals surface area (Å²) < 4.78 is 0. The highest BCUT2D eigenvalue weighted by molar-refractivity contribution is 5.70. The molecule has 0 spiro atoms. The highest BCUT2D eigenvalue weighted by Gasteiger charge is 2.34. The van der Waals surface area contributed by atoms with Crippen LogP contribution in [0.5, 0.6) is 0 Å². The van der Waals surface area contributed by atoms with Gasteiger partial charge in [-0.05, 0) is 26.2 Å². The van der Waals surface area contributed by atoms with Crippen molar-refractivity contribution >= 4 is 5.97 Å². The van der Waals surface area contributed by atoms with Crippen molar-refractivity contribution in [2.75, 3.05) is 6.54 Å². The summed E-state index contributed by atoms with van der Waals surface area (Å²) >= 11 is 0. The molecule has 0 heterocycles. The quantitative estimate of drug-likeness (QED) is 0.609. The van der Waals surface area contributed by atoms with Crippen LogP contribution in [0, 0.1) is 5.92 Å². The Bertz CT molecular complexity index is 213. The van der Waals surface area contributed by atoms with Gasteiger partial charge in [-0.25, -0.2) is 0 Å². The molecule has 0 saturated heterocycles. The Balaban J connectivity index is 2.26. The smallest absolute Gasteiger partial charge is 0.307 e. The van der Waals surface area contributed by atoms with Crippen molar-refractivity contribution in [3.63, 3.8) is 0 Å². The van der Waals surface area contributed by atoms with Crippen molar-refractivity contribution in [2.45, 2.75) is 44.8 Å². The number of aliphatic carboxylic acids is 1. The Morgan fingerprint density at radius 3 is 2.43 bits per heavy atom. The molecule has 0 aromatic carbocycles. The van der Waals surface area contributed by atoms with Gasteiger partial charge in [0, 0.05) is 12.6 Å². The molecule has 2 unspecified atom stereocenters. The fourth-order valence-corrected chi connectivity index (χ4v) is 1.50. The van der Waals surface area contributed by atoms with Crippen LogP contribution >= 0.6 is 0 Å². The second kappa shape index (κ2) is 4.28. The lowest BCUT2D eigenvalue weighted by molar-refractivity contribution is -0.142. The van der Waals surface area contributed by atoms with Crippen molar-refractivity contribution in [3.05, 3.63) is 0 Å². The van der Waals surface area contributed by atoms with Crippen molar-refractivity contribution in [2.24, 2.45) is 5.92 Å². The van der Waals surface area contributed by atoms with E-state index in [1.807, 2.05) is 6.92 Å². The highest BCUT2D eigenvalue weighted by atomic mass is 16.4. The minimum absolute atomic E-state index is 0.0999. The molecule has 1 saturated carbocycles. The SMILES string of the molecule is CC(NCC1(O)CCC1)C(C)C(=O)O. The average molecular weight is 201 g/mol. The number of rotatable bonds is 5. The summed E-state index contributed by atoms with van der Waals surface area (Å²) in [6.07, 6.45) is 2.73. The lowest BCUT2D eigenvalue weighted by Crippen LogP contribution is -2.50. The first-order chi connectivity index (χ1) is 6.44. The third-order valence-electron chi connectivity index (χ3n) is 3.18. The number of carbonyl (C=O) groups is 1. The number of hydrogen-bond donors (Lipinski definition) is 3. The molecular weight excluding hydrogens is 182 g/mol. The first-order valence-electron chi connectivity index (χ1n) is 5.13. The van der Waals surface area contributed by atoms with Gasteiger partial charge in [0.15, 0.2) is 0 Å². The van der Waals surface area contributed by atoms with Crippen LogP contribution in [0.4, 0.5) is 0 Å². The molecule has 0 aromatic rings. The van der Waals surface area contributed by atoms with E-state index < -0.39 is 17.5 Å². The third-order valence-corrected chi connectivity index (χ3v) is 3.18. The minimum Gasteiger partial charge on any atom is -0.481 e. The molecule has 14 heavy (non-hydrogen) atoms. The Morgan fingerprint density at radius 1 is 1.50 bits per heavy atom. The van der Waals surface area contributed by atoms with Crippen molar-refractivity contribution in [3.8, 4) is 0 Å². The molecule has 0 bridgehead atoms. The van der Waals surface area contributed by atoms with E-state index in [2.05, 4.69) is 5.32 Å². The molecule has 82 valence electrons. The number of carboxylic acids is 1. The van der Waals surface area contributed by atoms with Crippen LogP contribution in [0.3, 0.4) is 0 Å². The van der Waals surface area contributed by atoms with E-state index in [0.717, 1.165) is 19.3 Å². The van der Waals surface area contributed by atoms with Crippen molar-refractivity contribution in [1.29, 1.82) is 0 Å². The lowest BCUT2D eigenvalue weighted by atomic mass is 9.80. The molecule has 1 aliphatic rings. The van der Waals surface area contributed by atoms with Crippen LogP contribution in [-0.2, 0) is 4.79 Å². The topological polar surface area (TPSA) is 69.6 Å². The Hall–Kier alpha value is -0.610. The Kier molecular flexibility index (Phi) is 3.50. The van der Waals surface area contributed by atoms with E-state index in [-0.39, 0.29) is 6.04 Å². The van der Waals surface area contributed by atoms with Crippen LogP contribution in [0.2, 0.25) is 0 Å². The molecule has 0 amide bonds. The Labute approximate surface area is 84.3 Å². The monoisotopic (exact) mass is 201 g/mol. The first kappa shape index (κ1) is 11.5. The summed E-state index contributed by atoms with van der Waals surface area (Å²) in [4.78, 5) is 10.6. The maximum absolute atomic E-state index is 10.6. The van der Waals surface area contributed by atoms with Gasteiger partial charge in [-0.1, -0.05) is 6.92 Å². The average Bonchev–Trinajstić information content (AvgIpc) is 2.09. The zero-order valence-electron chi connectivity index (χ0n) is 8.79. The molecule has 1 aliphatic carbocycles. The number of hydrogen-bond acceptors (Lipinski definition) is 3. The molecule has 1 fully saturated rings. The van der Waals surface area contributed by atoms with Crippen LogP contribution < -0.4 is 5.32 Å². The summed E-state index contributed by atoms with van der Waals surface area (Å²) in [6, 6.07) is -0.0999. The fraction of sp³-hybridized carbons (Fsp3) is 0.900. The predicted octanol–water partition coefficient (Wildman–Crippen LogP) is 0.600. The standard InChI is InChI=1S/C10H19NO3/c1-7(9(12)13)8(2)11-6-10(14)4-3-5-10/h7-8,11,14H,3-6H2,1-2H3,(H,12,13). The van der Waals surface area contributed by atoms with Crippen LogP contribution in [0.25, 0.3) is 0 Å². The second-order valence-corrected chi connectivity index (χ2v) is 4.37. The summed E-state index contributed by atoms with van der Waals surface area (Å²) in [5.41, 5.74) is -0.577. The fourth-order valence-electron chi connectivity index (χ4n) is 1.50. The summed E-state index contributed by atoms with van der Waals surface area (Å²) in [6.45, 7) is 4.01. The molecule has 0 aliphatic heterocycles. The molecule has 0 aromatic heterocycles. The maximum atomic E-state index is 10.6. The zero-order chi connectivity index (χ0) is 10.8. The highest BCUT2D eigenvalue weighted by Crippen LogP contribution is 2.30. The van der Waals surface area contributed by atoms with Gasteiger partial charge in [0.1, 0.15) is 0 Å². The summed E-state index contributed by atoms with van der Waals surface area (Å²) in [7, 11) is 0. The lowest BCUT2D eigenvalue weighted by Gasteiger charge is -2.38. The normalized spacial score (nSPS) is 23.6. The van der Waals surface area contributed by atoms with Crippen molar-refractivity contribution < 1.29 is 15.0 Å². The van der Waals surface area contributed by atoms with E-state index in [0.29, 0.717) is 6.54 Å². The molecular formula is C10H19NO3. The maximum Gasteiger partial charge on any atom is 0.307 e. The van der Waals surface area contributed by atoms with E-state index >= 15 is 0 Å². The number of carboxylic acid groups (broad SMARTS) is 1. The molecule has 0 radical (unpaired) electrons. The van der Waals surface area contributed by atoms with Gasteiger partial charge in [0.2, 0.25) is 0 Å². The minimum atomic E-state index is -0.800. The third kappa shape index (κ3) is 2.69.